The van der Waals surface area contributed by atoms with E-state index in [1.54, 1.807) is 30.3 Å². The number of nitrogens with zero attached hydrogens (tertiary/aromatic N) is 1. The first-order valence-electron chi connectivity index (χ1n) is 11.2. The maximum Gasteiger partial charge on any atom is 0.335 e. The Balaban J connectivity index is 1.64. The minimum Gasteiger partial charge on any atom is -0.493 e. The van der Waals surface area contributed by atoms with Crippen molar-refractivity contribution in [2.45, 2.75) is 27.4 Å². The lowest BCUT2D eigenvalue weighted by Crippen LogP contribution is -2.54. The van der Waals surface area contributed by atoms with Crippen LogP contribution in [-0.2, 0) is 16.2 Å². The second-order valence-electron chi connectivity index (χ2n) is 8.54. The van der Waals surface area contributed by atoms with E-state index in [1.165, 1.54) is 24.3 Å². The minimum atomic E-state index is -0.790. The number of nitrogens with one attached hydrogen (secondary N) is 1. The predicted molar refractivity (Wildman–Crippen MR) is 141 cm³/mol. The van der Waals surface area contributed by atoms with Crippen molar-refractivity contribution in [3.63, 3.8) is 0 Å². The lowest BCUT2D eigenvalue weighted by Gasteiger charge is -2.26. The van der Waals surface area contributed by atoms with Crippen LogP contribution < -0.4 is 19.7 Å². The summed E-state index contributed by atoms with van der Waals surface area (Å²) in [6, 6.07) is 15.7. The molecule has 4 rings (SSSR count). The van der Waals surface area contributed by atoms with Gasteiger partial charge in [-0.05, 0) is 94.9 Å². The van der Waals surface area contributed by atoms with E-state index in [-0.39, 0.29) is 5.57 Å². The van der Waals surface area contributed by atoms with Gasteiger partial charge in [-0.25, -0.2) is 9.69 Å². The standard InChI is InChI=1S/C28H25BrN2O5/c1-16-6-5-7-21(10-16)31-27(33)22(26(32)30-28(31)34)12-20-13-23(29)25(24(14-20)35-4)36-15-19-9-8-17(2)18(3)11-19/h5-14H,15H2,1-4H3,(H,30,32,34)/b22-12+. The van der Waals surface area contributed by atoms with Gasteiger partial charge in [-0.3, -0.25) is 14.9 Å². The zero-order chi connectivity index (χ0) is 26.0. The van der Waals surface area contributed by atoms with Gasteiger partial charge in [0.05, 0.1) is 17.3 Å². The molecule has 3 aromatic rings. The van der Waals surface area contributed by atoms with Crippen LogP contribution in [0.15, 0.2) is 64.6 Å². The molecule has 0 atom stereocenters. The van der Waals surface area contributed by atoms with Crippen molar-refractivity contribution in [3.05, 3.63) is 92.5 Å². The number of hydrogen-bond donors (Lipinski definition) is 1. The number of amides is 4. The number of halogens is 1. The van der Waals surface area contributed by atoms with Gasteiger partial charge in [-0.15, -0.1) is 0 Å². The fraction of sp³-hybridized carbons (Fsp3) is 0.179. The molecule has 1 fully saturated rings. The second-order valence-corrected chi connectivity index (χ2v) is 9.39. The Morgan fingerprint density at radius 3 is 2.44 bits per heavy atom. The van der Waals surface area contributed by atoms with Crippen LogP contribution in [0.25, 0.3) is 6.08 Å². The smallest absolute Gasteiger partial charge is 0.335 e. The molecule has 36 heavy (non-hydrogen) atoms. The van der Waals surface area contributed by atoms with E-state index in [9.17, 15) is 14.4 Å². The van der Waals surface area contributed by atoms with E-state index in [0.29, 0.717) is 33.8 Å². The van der Waals surface area contributed by atoms with E-state index < -0.39 is 17.8 Å². The first kappa shape index (κ1) is 25.2. The molecule has 1 aliphatic heterocycles. The molecule has 3 aromatic carbocycles. The van der Waals surface area contributed by atoms with Gasteiger partial charge in [0.2, 0.25) is 0 Å². The maximum atomic E-state index is 13.2. The molecule has 8 heteroatoms. The predicted octanol–water partition coefficient (Wildman–Crippen LogP) is 5.63. The summed E-state index contributed by atoms with van der Waals surface area (Å²) in [5.41, 5.74) is 5.01. The molecular formula is C28H25BrN2O5. The van der Waals surface area contributed by atoms with Crippen LogP contribution in [0.2, 0.25) is 0 Å². The van der Waals surface area contributed by atoms with Crippen LogP contribution in [0.3, 0.4) is 0 Å². The average Bonchev–Trinajstić information content (AvgIpc) is 2.83. The summed E-state index contributed by atoms with van der Waals surface area (Å²) < 4.78 is 12.2. The van der Waals surface area contributed by atoms with E-state index in [0.717, 1.165) is 16.0 Å². The molecule has 0 spiro atoms. The number of benzene rings is 3. The number of carbonyl (C=O) groups is 3. The van der Waals surface area contributed by atoms with Crippen molar-refractivity contribution in [1.29, 1.82) is 0 Å². The molecule has 0 radical (unpaired) electrons. The zero-order valence-corrected chi connectivity index (χ0v) is 21.9. The molecule has 0 saturated carbocycles. The number of urea groups is 1. The number of carbonyl (C=O) groups excluding carboxylic acids is 3. The van der Waals surface area contributed by atoms with Gasteiger partial charge in [0, 0.05) is 0 Å². The highest BCUT2D eigenvalue weighted by molar-refractivity contribution is 9.10. The molecule has 1 heterocycles. The highest BCUT2D eigenvalue weighted by Crippen LogP contribution is 2.38. The molecule has 1 aliphatic rings. The Morgan fingerprint density at radius 1 is 0.972 bits per heavy atom. The van der Waals surface area contributed by atoms with E-state index >= 15 is 0 Å². The third-order valence-electron chi connectivity index (χ3n) is 5.88. The highest BCUT2D eigenvalue weighted by Gasteiger charge is 2.36. The Morgan fingerprint density at radius 2 is 1.75 bits per heavy atom. The fourth-order valence-electron chi connectivity index (χ4n) is 3.84. The second kappa shape index (κ2) is 10.4. The molecule has 184 valence electrons. The quantitative estimate of drug-likeness (QED) is 0.318. The summed E-state index contributed by atoms with van der Waals surface area (Å²) >= 11 is 3.52. The number of imide groups is 2. The number of barbiturate groups is 1. The monoisotopic (exact) mass is 548 g/mol. The summed E-state index contributed by atoms with van der Waals surface area (Å²) in [5, 5.41) is 2.24. The van der Waals surface area contributed by atoms with E-state index in [2.05, 4.69) is 34.2 Å². The topological polar surface area (TPSA) is 84.9 Å². The van der Waals surface area contributed by atoms with Crippen LogP contribution in [0.1, 0.15) is 27.8 Å². The van der Waals surface area contributed by atoms with Crippen LogP contribution >= 0.6 is 15.9 Å². The molecule has 7 nitrogen and oxygen atoms in total. The normalized spacial score (nSPS) is 14.8. The molecular weight excluding hydrogens is 524 g/mol. The Hall–Kier alpha value is -3.91. The summed E-state index contributed by atoms with van der Waals surface area (Å²) in [6.07, 6.45) is 1.42. The average molecular weight is 549 g/mol. The van der Waals surface area contributed by atoms with Crippen LogP contribution in [0, 0.1) is 20.8 Å². The van der Waals surface area contributed by atoms with Gasteiger partial charge in [0.15, 0.2) is 11.5 Å². The number of aryl methyl sites for hydroxylation is 3. The van der Waals surface area contributed by atoms with E-state index in [4.69, 9.17) is 9.47 Å². The Kier molecular flexibility index (Phi) is 7.26. The number of ether oxygens (including phenoxy) is 2. The van der Waals surface area contributed by atoms with Gasteiger partial charge < -0.3 is 9.47 Å². The van der Waals surface area contributed by atoms with Gasteiger partial charge in [-0.1, -0.05) is 30.3 Å². The maximum absolute atomic E-state index is 13.2. The number of methoxy groups -OCH3 is 1. The zero-order valence-electron chi connectivity index (χ0n) is 20.3. The number of rotatable bonds is 6. The third-order valence-corrected chi connectivity index (χ3v) is 6.47. The van der Waals surface area contributed by atoms with Crippen LogP contribution in [0.5, 0.6) is 11.5 Å². The molecule has 4 amide bonds. The van der Waals surface area contributed by atoms with Crippen molar-refractivity contribution in [2.24, 2.45) is 0 Å². The fourth-order valence-corrected chi connectivity index (χ4v) is 4.41. The van der Waals surface area contributed by atoms with Crippen molar-refractivity contribution in [3.8, 4) is 11.5 Å². The molecule has 0 unspecified atom stereocenters. The molecule has 1 saturated heterocycles. The largest absolute Gasteiger partial charge is 0.493 e. The summed E-state index contributed by atoms with van der Waals surface area (Å²) in [5.74, 6) is -0.553. The summed E-state index contributed by atoms with van der Waals surface area (Å²) in [4.78, 5) is 39.2. The van der Waals surface area contributed by atoms with Crippen molar-refractivity contribution >= 4 is 45.5 Å². The Labute approximate surface area is 217 Å². The molecule has 0 bridgehead atoms. The Bertz CT molecular complexity index is 1410. The van der Waals surface area contributed by atoms with Crippen LogP contribution in [0.4, 0.5) is 10.5 Å². The van der Waals surface area contributed by atoms with Gasteiger partial charge >= 0.3 is 6.03 Å². The van der Waals surface area contributed by atoms with Crippen LogP contribution in [-0.4, -0.2) is 25.0 Å². The van der Waals surface area contributed by atoms with E-state index in [1.807, 2.05) is 32.0 Å². The van der Waals surface area contributed by atoms with Gasteiger partial charge in [0.1, 0.15) is 12.2 Å². The molecule has 0 aliphatic carbocycles. The first-order valence-corrected chi connectivity index (χ1v) is 12.0. The summed E-state index contributed by atoms with van der Waals surface area (Å²) in [7, 11) is 1.51. The minimum absolute atomic E-state index is 0.172. The number of anilines is 1. The van der Waals surface area contributed by atoms with Crippen molar-refractivity contribution in [2.75, 3.05) is 12.0 Å². The third kappa shape index (κ3) is 5.18. The lowest BCUT2D eigenvalue weighted by atomic mass is 10.1. The number of hydrogen-bond acceptors (Lipinski definition) is 5. The SMILES string of the molecule is COc1cc(/C=C2\C(=O)NC(=O)N(c3cccc(C)c3)C2=O)cc(Br)c1OCc1ccc(C)c(C)c1. The lowest BCUT2D eigenvalue weighted by molar-refractivity contribution is -0.122. The highest BCUT2D eigenvalue weighted by atomic mass is 79.9. The van der Waals surface area contributed by atoms with Crippen molar-refractivity contribution < 1.29 is 23.9 Å². The van der Waals surface area contributed by atoms with Crippen molar-refractivity contribution in [1.82, 2.24) is 5.32 Å². The van der Waals surface area contributed by atoms with Gasteiger partial charge in [0.25, 0.3) is 11.8 Å². The molecule has 1 N–H and O–H groups in total. The molecule has 0 aromatic heterocycles. The van der Waals surface area contributed by atoms with Gasteiger partial charge in [-0.2, -0.15) is 0 Å². The first-order chi connectivity index (χ1) is 17.2. The summed E-state index contributed by atoms with van der Waals surface area (Å²) in [6.45, 7) is 6.30.